The Morgan fingerprint density at radius 2 is 2.33 bits per heavy atom. The van der Waals surface area contributed by atoms with Gasteiger partial charge in [0.05, 0.1) is 5.38 Å². The molecule has 80 valence electrons. The topological polar surface area (TPSA) is 50.3 Å². The Morgan fingerprint density at radius 1 is 1.60 bits per heavy atom. The van der Waals surface area contributed by atoms with Gasteiger partial charge in [-0.15, -0.1) is 11.6 Å². The van der Waals surface area contributed by atoms with Gasteiger partial charge in [-0.05, 0) is 0 Å². The van der Waals surface area contributed by atoms with Crippen LogP contribution in [0.25, 0.3) is 0 Å². The van der Waals surface area contributed by atoms with Crippen molar-refractivity contribution in [3.63, 3.8) is 0 Å². The highest BCUT2D eigenvalue weighted by Gasteiger charge is 2.31. The molecule has 1 aliphatic rings. The Hall–Kier alpha value is -0.650. The summed E-state index contributed by atoms with van der Waals surface area (Å²) in [7, 11) is 0. The third-order valence-electron chi connectivity index (χ3n) is 2.01. The maximum Gasteiger partial charge on any atom is 0.230 e. The van der Waals surface area contributed by atoms with Crippen LogP contribution >= 0.6 is 34.5 Å². The number of rotatable bonds is 2. The van der Waals surface area contributed by atoms with E-state index in [0.29, 0.717) is 29.3 Å². The van der Waals surface area contributed by atoms with Crippen molar-refractivity contribution in [2.45, 2.75) is 11.8 Å². The van der Waals surface area contributed by atoms with Crippen molar-refractivity contribution in [2.24, 2.45) is 0 Å². The second-order valence-electron chi connectivity index (χ2n) is 3.08. The first-order chi connectivity index (χ1) is 7.11. The number of hydrogen-bond donors (Lipinski definition) is 0. The number of carbonyl (C=O) groups excluding carboxylic acids is 2. The second kappa shape index (κ2) is 4.08. The van der Waals surface area contributed by atoms with E-state index >= 15 is 0 Å². The highest BCUT2D eigenvalue weighted by Crippen LogP contribution is 2.31. The Kier molecular flexibility index (Phi) is 2.95. The standard InChI is InChI=1S/C8H6Cl2N2O2S/c9-4-1-6(14)12(2-4)8-11-7(10)5(3-13)15-8/h3-4H,1-2H2. The average Bonchev–Trinajstić information content (AvgIpc) is 2.69. The first-order valence-electron chi connectivity index (χ1n) is 4.17. The Morgan fingerprint density at radius 3 is 2.80 bits per heavy atom. The second-order valence-corrected chi connectivity index (χ2v) is 5.06. The van der Waals surface area contributed by atoms with Gasteiger partial charge in [-0.1, -0.05) is 22.9 Å². The number of anilines is 1. The molecule has 1 fully saturated rings. The number of amides is 1. The molecular weight excluding hydrogens is 259 g/mol. The monoisotopic (exact) mass is 264 g/mol. The van der Waals surface area contributed by atoms with Crippen LogP contribution in [0.5, 0.6) is 0 Å². The molecule has 0 bridgehead atoms. The average molecular weight is 265 g/mol. The number of carbonyl (C=O) groups is 2. The lowest BCUT2D eigenvalue weighted by atomic mass is 10.4. The smallest absolute Gasteiger partial charge is 0.230 e. The summed E-state index contributed by atoms with van der Waals surface area (Å²) in [5.41, 5.74) is 0. The predicted octanol–water partition coefficient (Wildman–Crippen LogP) is 1.95. The highest BCUT2D eigenvalue weighted by molar-refractivity contribution is 7.17. The lowest BCUT2D eigenvalue weighted by Gasteiger charge is -2.10. The van der Waals surface area contributed by atoms with Crippen LogP contribution in [-0.4, -0.2) is 29.1 Å². The zero-order chi connectivity index (χ0) is 11.0. The molecule has 0 aliphatic carbocycles. The van der Waals surface area contributed by atoms with E-state index in [0.717, 1.165) is 11.3 Å². The summed E-state index contributed by atoms with van der Waals surface area (Å²) in [4.78, 5) is 27.8. The van der Waals surface area contributed by atoms with E-state index in [1.165, 1.54) is 4.90 Å². The highest BCUT2D eigenvalue weighted by atomic mass is 35.5. The molecule has 1 unspecified atom stereocenters. The fraction of sp³-hybridized carbons (Fsp3) is 0.375. The molecule has 15 heavy (non-hydrogen) atoms. The molecule has 2 heterocycles. The minimum atomic E-state index is -0.195. The van der Waals surface area contributed by atoms with E-state index < -0.39 is 0 Å². The van der Waals surface area contributed by atoms with Gasteiger partial charge in [0.15, 0.2) is 16.6 Å². The minimum absolute atomic E-state index is 0.0853. The SMILES string of the molecule is O=Cc1sc(N2CC(Cl)CC2=O)nc1Cl. The van der Waals surface area contributed by atoms with Crippen LogP contribution in [0.1, 0.15) is 16.1 Å². The molecule has 1 amide bonds. The fourth-order valence-corrected chi connectivity index (χ4v) is 2.70. The molecule has 1 aromatic heterocycles. The lowest BCUT2D eigenvalue weighted by Crippen LogP contribution is -2.24. The van der Waals surface area contributed by atoms with Crippen molar-refractivity contribution in [2.75, 3.05) is 11.4 Å². The van der Waals surface area contributed by atoms with Crippen molar-refractivity contribution >= 4 is 51.9 Å². The normalized spacial score (nSPS) is 21.1. The zero-order valence-corrected chi connectivity index (χ0v) is 9.77. The maximum absolute atomic E-state index is 11.5. The Labute approximate surface area is 99.8 Å². The van der Waals surface area contributed by atoms with Crippen LogP contribution in [0.2, 0.25) is 5.15 Å². The van der Waals surface area contributed by atoms with Gasteiger partial charge in [-0.3, -0.25) is 14.5 Å². The van der Waals surface area contributed by atoms with Crippen LogP contribution in [0.4, 0.5) is 5.13 Å². The number of nitrogens with zero attached hydrogens (tertiary/aromatic N) is 2. The minimum Gasteiger partial charge on any atom is -0.297 e. The largest absolute Gasteiger partial charge is 0.297 e. The third kappa shape index (κ3) is 2.00. The molecule has 4 nitrogen and oxygen atoms in total. The molecule has 0 aromatic carbocycles. The predicted molar refractivity (Wildman–Crippen MR) is 59.1 cm³/mol. The number of halogens is 2. The van der Waals surface area contributed by atoms with Crippen LogP contribution in [0.3, 0.4) is 0 Å². The first kappa shape index (κ1) is 10.9. The van der Waals surface area contributed by atoms with Crippen molar-refractivity contribution in [1.82, 2.24) is 4.98 Å². The zero-order valence-electron chi connectivity index (χ0n) is 7.44. The van der Waals surface area contributed by atoms with Crippen molar-refractivity contribution < 1.29 is 9.59 Å². The van der Waals surface area contributed by atoms with E-state index in [4.69, 9.17) is 23.2 Å². The first-order valence-corrected chi connectivity index (χ1v) is 5.81. The summed E-state index contributed by atoms with van der Waals surface area (Å²) in [6, 6.07) is 0. The molecule has 1 saturated heterocycles. The molecule has 2 rings (SSSR count). The lowest BCUT2D eigenvalue weighted by molar-refractivity contribution is -0.117. The van der Waals surface area contributed by atoms with E-state index in [-0.39, 0.29) is 16.4 Å². The molecule has 0 saturated carbocycles. The van der Waals surface area contributed by atoms with Gasteiger partial charge in [0, 0.05) is 13.0 Å². The molecule has 1 aromatic rings. The summed E-state index contributed by atoms with van der Waals surface area (Å²) in [6.45, 7) is 0.419. The fourth-order valence-electron chi connectivity index (χ4n) is 1.34. The van der Waals surface area contributed by atoms with Crippen molar-refractivity contribution in [3.8, 4) is 0 Å². The molecule has 1 atom stereocenters. The molecule has 1 aliphatic heterocycles. The third-order valence-corrected chi connectivity index (χ3v) is 3.71. The van der Waals surface area contributed by atoms with E-state index in [2.05, 4.69) is 4.98 Å². The van der Waals surface area contributed by atoms with Crippen LogP contribution < -0.4 is 4.90 Å². The van der Waals surface area contributed by atoms with Gasteiger partial charge in [-0.2, -0.15) is 0 Å². The van der Waals surface area contributed by atoms with Gasteiger partial charge in [-0.25, -0.2) is 4.98 Å². The van der Waals surface area contributed by atoms with E-state index in [9.17, 15) is 9.59 Å². The molecule has 0 spiro atoms. The van der Waals surface area contributed by atoms with Crippen molar-refractivity contribution in [3.05, 3.63) is 10.0 Å². The van der Waals surface area contributed by atoms with Gasteiger partial charge in [0.25, 0.3) is 0 Å². The van der Waals surface area contributed by atoms with E-state index in [1.807, 2.05) is 0 Å². The molecule has 0 radical (unpaired) electrons. The molecule has 7 heteroatoms. The van der Waals surface area contributed by atoms with Crippen LogP contribution in [0, 0.1) is 0 Å². The Balaban J connectivity index is 2.30. The summed E-state index contributed by atoms with van der Waals surface area (Å²) >= 11 is 12.6. The van der Waals surface area contributed by atoms with Gasteiger partial charge in [0.2, 0.25) is 5.91 Å². The number of thiazole rings is 1. The molecular formula is C8H6Cl2N2O2S. The number of aldehydes is 1. The van der Waals surface area contributed by atoms with Gasteiger partial charge < -0.3 is 0 Å². The quantitative estimate of drug-likeness (QED) is 0.606. The van der Waals surface area contributed by atoms with E-state index in [1.54, 1.807) is 0 Å². The maximum atomic E-state index is 11.5. The summed E-state index contributed by atoms with van der Waals surface area (Å²) in [5.74, 6) is -0.0853. The van der Waals surface area contributed by atoms with Crippen molar-refractivity contribution in [1.29, 1.82) is 0 Å². The molecule has 0 N–H and O–H groups in total. The summed E-state index contributed by atoms with van der Waals surface area (Å²) in [5, 5.41) is 0.380. The number of alkyl halides is 1. The number of aromatic nitrogens is 1. The number of hydrogen-bond acceptors (Lipinski definition) is 4. The Bertz CT molecular complexity index is 421. The van der Waals surface area contributed by atoms with Gasteiger partial charge in [0.1, 0.15) is 4.88 Å². The summed E-state index contributed by atoms with van der Waals surface area (Å²) in [6.07, 6.45) is 0.928. The summed E-state index contributed by atoms with van der Waals surface area (Å²) < 4.78 is 0. The van der Waals surface area contributed by atoms with Crippen LogP contribution in [0.15, 0.2) is 0 Å². The van der Waals surface area contributed by atoms with Gasteiger partial charge >= 0.3 is 0 Å². The van der Waals surface area contributed by atoms with Crippen LogP contribution in [-0.2, 0) is 4.79 Å².